The standard InChI is InChI=1S/C12H8BNO3/c13-12-6-8(4-5-14-12)17-11-3-1-2-10(16)9(11)7-15/h1-7,16H. The summed E-state index contributed by atoms with van der Waals surface area (Å²) in [6.45, 7) is 0. The molecule has 2 aromatic rings. The van der Waals surface area contributed by atoms with Crippen molar-refractivity contribution in [2.45, 2.75) is 0 Å². The molecule has 82 valence electrons. The van der Waals surface area contributed by atoms with Crippen molar-refractivity contribution in [1.82, 2.24) is 4.98 Å². The fourth-order valence-corrected chi connectivity index (χ4v) is 1.36. The summed E-state index contributed by atoms with van der Waals surface area (Å²) >= 11 is 0. The van der Waals surface area contributed by atoms with Crippen LogP contribution in [-0.4, -0.2) is 24.2 Å². The van der Waals surface area contributed by atoms with Crippen molar-refractivity contribution in [2.75, 3.05) is 0 Å². The highest BCUT2D eigenvalue weighted by molar-refractivity contribution is 6.30. The number of aldehydes is 1. The Morgan fingerprint density at radius 3 is 2.88 bits per heavy atom. The second-order valence-electron chi connectivity index (χ2n) is 3.33. The zero-order valence-electron chi connectivity index (χ0n) is 8.83. The Labute approximate surface area is 99.3 Å². The van der Waals surface area contributed by atoms with Gasteiger partial charge in [0.2, 0.25) is 0 Å². The predicted molar refractivity (Wildman–Crippen MR) is 63.2 cm³/mol. The molecule has 1 heterocycles. The van der Waals surface area contributed by atoms with Crippen molar-refractivity contribution in [3.8, 4) is 17.2 Å². The maximum Gasteiger partial charge on any atom is 0.157 e. The van der Waals surface area contributed by atoms with E-state index in [1.165, 1.54) is 18.3 Å². The van der Waals surface area contributed by atoms with Crippen molar-refractivity contribution >= 4 is 19.7 Å². The molecule has 0 bridgehead atoms. The van der Waals surface area contributed by atoms with Crippen LogP contribution in [0.5, 0.6) is 17.2 Å². The van der Waals surface area contributed by atoms with Gasteiger partial charge in [0, 0.05) is 6.20 Å². The molecule has 17 heavy (non-hydrogen) atoms. The van der Waals surface area contributed by atoms with Gasteiger partial charge in [-0.15, -0.1) is 0 Å². The Bertz CT molecular complexity index is 557. The molecule has 0 aliphatic carbocycles. The van der Waals surface area contributed by atoms with Gasteiger partial charge in [-0.1, -0.05) is 6.07 Å². The summed E-state index contributed by atoms with van der Waals surface area (Å²) in [4.78, 5) is 14.6. The van der Waals surface area contributed by atoms with Crippen LogP contribution in [0.15, 0.2) is 36.5 Å². The molecule has 2 rings (SSSR count). The second-order valence-corrected chi connectivity index (χ2v) is 3.33. The molecule has 2 radical (unpaired) electrons. The lowest BCUT2D eigenvalue weighted by Crippen LogP contribution is -2.06. The molecule has 0 fully saturated rings. The van der Waals surface area contributed by atoms with E-state index in [1.807, 2.05) is 0 Å². The average molecular weight is 225 g/mol. The number of benzene rings is 1. The number of phenolic OH excluding ortho intramolecular Hbond substituents is 1. The van der Waals surface area contributed by atoms with Crippen molar-refractivity contribution in [3.05, 3.63) is 42.1 Å². The van der Waals surface area contributed by atoms with E-state index < -0.39 is 0 Å². The molecule has 0 aliphatic heterocycles. The highest BCUT2D eigenvalue weighted by Gasteiger charge is 2.08. The molecule has 0 aliphatic rings. The Kier molecular flexibility index (Phi) is 3.09. The first-order chi connectivity index (χ1) is 8.20. The molecule has 0 saturated heterocycles. The van der Waals surface area contributed by atoms with Crippen LogP contribution < -0.4 is 10.3 Å². The van der Waals surface area contributed by atoms with Gasteiger partial charge < -0.3 is 9.84 Å². The van der Waals surface area contributed by atoms with Gasteiger partial charge in [-0.25, -0.2) is 0 Å². The third kappa shape index (κ3) is 2.45. The fourth-order valence-electron chi connectivity index (χ4n) is 1.36. The number of nitrogens with zero attached hydrogens (tertiary/aromatic N) is 1. The van der Waals surface area contributed by atoms with Gasteiger partial charge in [-0.2, -0.15) is 0 Å². The van der Waals surface area contributed by atoms with E-state index in [9.17, 15) is 9.90 Å². The van der Waals surface area contributed by atoms with E-state index in [1.54, 1.807) is 18.2 Å². The van der Waals surface area contributed by atoms with Crippen LogP contribution in [0.4, 0.5) is 0 Å². The predicted octanol–water partition coefficient (Wildman–Crippen LogP) is 1.19. The zero-order valence-corrected chi connectivity index (χ0v) is 8.83. The number of carbonyl (C=O) groups excluding carboxylic acids is 1. The van der Waals surface area contributed by atoms with E-state index in [4.69, 9.17) is 12.6 Å². The average Bonchev–Trinajstić information content (AvgIpc) is 2.29. The summed E-state index contributed by atoms with van der Waals surface area (Å²) < 4.78 is 5.45. The first-order valence-corrected chi connectivity index (χ1v) is 4.87. The van der Waals surface area contributed by atoms with Gasteiger partial charge in [0.15, 0.2) is 6.29 Å². The van der Waals surface area contributed by atoms with Crippen LogP contribution in [-0.2, 0) is 0 Å². The Morgan fingerprint density at radius 2 is 2.18 bits per heavy atom. The lowest BCUT2D eigenvalue weighted by molar-refractivity contribution is 0.111. The number of hydrogen-bond donors (Lipinski definition) is 1. The Hall–Kier alpha value is -2.30. The van der Waals surface area contributed by atoms with Crippen LogP contribution in [0.25, 0.3) is 0 Å². The lowest BCUT2D eigenvalue weighted by atomic mass is 10.0. The van der Waals surface area contributed by atoms with Crippen molar-refractivity contribution in [1.29, 1.82) is 0 Å². The first kappa shape index (κ1) is 11.2. The zero-order chi connectivity index (χ0) is 12.3. The van der Waals surface area contributed by atoms with Crippen LogP contribution in [0.2, 0.25) is 0 Å². The van der Waals surface area contributed by atoms with Gasteiger partial charge in [-0.05, 0) is 29.9 Å². The van der Waals surface area contributed by atoms with Gasteiger partial charge in [0.05, 0.1) is 5.56 Å². The maximum atomic E-state index is 10.8. The molecule has 0 spiro atoms. The van der Waals surface area contributed by atoms with Crippen molar-refractivity contribution < 1.29 is 14.6 Å². The molecule has 4 nitrogen and oxygen atoms in total. The number of ether oxygens (including phenoxy) is 1. The summed E-state index contributed by atoms with van der Waals surface area (Å²) in [6.07, 6.45) is 2.03. The van der Waals surface area contributed by atoms with Crippen LogP contribution >= 0.6 is 0 Å². The van der Waals surface area contributed by atoms with Crippen molar-refractivity contribution in [3.63, 3.8) is 0 Å². The molecule has 1 N–H and O–H groups in total. The van der Waals surface area contributed by atoms with Crippen LogP contribution in [0.1, 0.15) is 10.4 Å². The number of pyridine rings is 1. The summed E-state index contributed by atoms with van der Waals surface area (Å²) in [5.41, 5.74) is 0.415. The molecule has 1 aromatic heterocycles. The number of rotatable bonds is 3. The van der Waals surface area contributed by atoms with E-state index in [0.29, 0.717) is 17.6 Å². The Morgan fingerprint density at radius 1 is 1.35 bits per heavy atom. The second kappa shape index (κ2) is 4.70. The van der Waals surface area contributed by atoms with Crippen LogP contribution in [0.3, 0.4) is 0 Å². The number of aromatic nitrogens is 1. The molecule has 0 saturated carbocycles. The summed E-state index contributed by atoms with van der Waals surface area (Å²) in [5, 5.41) is 9.48. The number of hydrogen-bond acceptors (Lipinski definition) is 4. The minimum Gasteiger partial charge on any atom is -0.507 e. The molecular formula is C12H8BNO3. The molecular weight excluding hydrogens is 217 g/mol. The minimum absolute atomic E-state index is 0.0999. The van der Waals surface area contributed by atoms with Crippen LogP contribution in [0, 0.1) is 0 Å². The first-order valence-electron chi connectivity index (χ1n) is 4.87. The van der Waals surface area contributed by atoms with Crippen molar-refractivity contribution in [2.24, 2.45) is 0 Å². The third-order valence-electron chi connectivity index (χ3n) is 2.14. The monoisotopic (exact) mass is 225 g/mol. The largest absolute Gasteiger partial charge is 0.507 e. The van der Waals surface area contributed by atoms with E-state index >= 15 is 0 Å². The highest BCUT2D eigenvalue weighted by atomic mass is 16.5. The third-order valence-corrected chi connectivity index (χ3v) is 2.14. The fraction of sp³-hybridized carbons (Fsp3) is 0. The minimum atomic E-state index is -0.125. The number of phenols is 1. The van der Waals surface area contributed by atoms with Gasteiger partial charge >= 0.3 is 0 Å². The van der Waals surface area contributed by atoms with Gasteiger partial charge in [-0.3, -0.25) is 9.78 Å². The van der Waals surface area contributed by atoms with E-state index in [2.05, 4.69) is 4.98 Å². The molecule has 0 amide bonds. The number of aromatic hydroxyl groups is 1. The molecule has 5 heteroatoms. The quantitative estimate of drug-likeness (QED) is 0.629. The molecule has 0 atom stereocenters. The highest BCUT2D eigenvalue weighted by Crippen LogP contribution is 2.29. The maximum absolute atomic E-state index is 10.8. The summed E-state index contributed by atoms with van der Waals surface area (Å²) in [5.74, 6) is 0.594. The Balaban J connectivity index is 2.36. The molecule has 0 unspecified atom stereocenters. The van der Waals surface area contributed by atoms with E-state index in [0.717, 1.165) is 0 Å². The topological polar surface area (TPSA) is 59.4 Å². The SMILES string of the molecule is [B]c1cc(Oc2cccc(O)c2C=O)ccn1. The summed E-state index contributed by atoms with van der Waals surface area (Å²) in [7, 11) is 5.50. The van der Waals surface area contributed by atoms with Gasteiger partial charge in [0.1, 0.15) is 25.1 Å². The normalized spacial score (nSPS) is 9.88. The van der Waals surface area contributed by atoms with Gasteiger partial charge in [0.25, 0.3) is 0 Å². The smallest absolute Gasteiger partial charge is 0.157 e. The lowest BCUT2D eigenvalue weighted by Gasteiger charge is -2.09. The summed E-state index contributed by atoms with van der Waals surface area (Å²) in [6, 6.07) is 7.72. The molecule has 1 aromatic carbocycles. The number of carbonyl (C=O) groups is 1. The van der Waals surface area contributed by atoms with E-state index in [-0.39, 0.29) is 17.1 Å².